The number of likely N-dealkylation sites (N-methyl/N-ethyl adjacent to an activating group) is 1. The van der Waals surface area contributed by atoms with Gasteiger partial charge in [0, 0.05) is 31.4 Å². The Balaban J connectivity index is 2.13. The van der Waals surface area contributed by atoms with E-state index in [4.69, 9.17) is 0 Å². The molecule has 0 atom stereocenters. The molecule has 0 radical (unpaired) electrons. The van der Waals surface area contributed by atoms with Crippen LogP contribution in [0.1, 0.15) is 35.7 Å². The molecule has 0 aromatic heterocycles. The van der Waals surface area contributed by atoms with E-state index in [1.807, 2.05) is 7.05 Å². The van der Waals surface area contributed by atoms with Crippen molar-refractivity contribution < 1.29 is 9.18 Å². The third-order valence-electron chi connectivity index (χ3n) is 4.02. The van der Waals surface area contributed by atoms with Crippen LogP contribution < -0.4 is 4.90 Å². The van der Waals surface area contributed by atoms with Crippen molar-refractivity contribution in [1.82, 2.24) is 4.90 Å². The molecule has 1 saturated heterocycles. The van der Waals surface area contributed by atoms with Crippen molar-refractivity contribution >= 4 is 11.5 Å². The number of anilines is 1. The lowest BCUT2D eigenvalue weighted by Gasteiger charge is -2.25. The quantitative estimate of drug-likeness (QED) is 0.774. The summed E-state index contributed by atoms with van der Waals surface area (Å²) < 4.78 is 13.6. The predicted molar refractivity (Wildman–Crippen MR) is 80.1 cm³/mol. The highest BCUT2D eigenvalue weighted by Crippen LogP contribution is 2.24. The van der Waals surface area contributed by atoms with Crippen molar-refractivity contribution in [2.75, 3.05) is 38.1 Å². The van der Waals surface area contributed by atoms with E-state index in [2.05, 4.69) is 9.80 Å². The number of hydrogen-bond donors (Lipinski definition) is 0. The monoisotopic (exact) mass is 278 g/mol. The summed E-state index contributed by atoms with van der Waals surface area (Å²) in [5.41, 5.74) is 1.88. The van der Waals surface area contributed by atoms with Crippen molar-refractivity contribution in [3.63, 3.8) is 0 Å². The van der Waals surface area contributed by atoms with E-state index < -0.39 is 0 Å². The van der Waals surface area contributed by atoms with Gasteiger partial charge < -0.3 is 9.80 Å². The molecule has 0 bridgehead atoms. The summed E-state index contributed by atoms with van der Waals surface area (Å²) in [5.74, 6) is -0.404. The zero-order valence-electron chi connectivity index (χ0n) is 12.6. The highest BCUT2D eigenvalue weighted by molar-refractivity contribution is 5.99. The highest BCUT2D eigenvalue weighted by Gasteiger charge is 2.16. The molecular weight excluding hydrogens is 255 g/mol. The minimum atomic E-state index is -0.313. The maximum atomic E-state index is 13.6. The summed E-state index contributed by atoms with van der Waals surface area (Å²) >= 11 is 0. The summed E-state index contributed by atoms with van der Waals surface area (Å²) in [6.45, 7) is 7.39. The van der Waals surface area contributed by atoms with Gasteiger partial charge in [0.2, 0.25) is 0 Å². The van der Waals surface area contributed by atoms with Crippen LogP contribution in [0, 0.1) is 12.7 Å². The smallest absolute Gasteiger partial charge is 0.161 e. The van der Waals surface area contributed by atoms with E-state index >= 15 is 0 Å². The third kappa shape index (κ3) is 3.37. The van der Waals surface area contributed by atoms with Crippen LogP contribution in [0.3, 0.4) is 0 Å². The maximum Gasteiger partial charge on any atom is 0.161 e. The first kappa shape index (κ1) is 15.0. The zero-order valence-corrected chi connectivity index (χ0v) is 12.6. The number of Topliss-reactive ketones (excluding diaryl/α,β-unsaturated/α-hetero) is 1. The SMILES string of the molecule is CC(=O)c1cc(F)c(C)cc1N(C)CCN1CCCC1. The topological polar surface area (TPSA) is 23.6 Å². The molecule has 110 valence electrons. The number of carbonyl (C=O) groups is 1. The molecule has 1 aliphatic heterocycles. The van der Waals surface area contributed by atoms with Gasteiger partial charge in [-0.15, -0.1) is 0 Å². The van der Waals surface area contributed by atoms with Crippen LogP contribution in [0.2, 0.25) is 0 Å². The summed E-state index contributed by atoms with van der Waals surface area (Å²) in [6, 6.07) is 3.13. The number of ketones is 1. The van der Waals surface area contributed by atoms with Crippen LogP contribution in [-0.2, 0) is 0 Å². The van der Waals surface area contributed by atoms with Gasteiger partial charge in [0.1, 0.15) is 5.82 Å². The van der Waals surface area contributed by atoms with Crippen molar-refractivity contribution in [1.29, 1.82) is 0 Å². The first-order chi connectivity index (χ1) is 9.49. The molecule has 0 aliphatic carbocycles. The lowest BCUT2D eigenvalue weighted by atomic mass is 10.0. The minimum absolute atomic E-state index is 0.0908. The minimum Gasteiger partial charge on any atom is -0.373 e. The van der Waals surface area contributed by atoms with E-state index in [9.17, 15) is 9.18 Å². The van der Waals surface area contributed by atoms with Gasteiger partial charge in [0.15, 0.2) is 5.78 Å². The Morgan fingerprint density at radius 2 is 2.00 bits per heavy atom. The van der Waals surface area contributed by atoms with E-state index in [-0.39, 0.29) is 11.6 Å². The Kier molecular flexibility index (Phi) is 4.76. The van der Waals surface area contributed by atoms with Gasteiger partial charge in [0.05, 0.1) is 0 Å². The van der Waals surface area contributed by atoms with Gasteiger partial charge in [0.25, 0.3) is 0 Å². The highest BCUT2D eigenvalue weighted by atomic mass is 19.1. The lowest BCUT2D eigenvalue weighted by Crippen LogP contribution is -2.32. The summed E-state index contributed by atoms with van der Waals surface area (Å²) in [6.07, 6.45) is 2.55. The summed E-state index contributed by atoms with van der Waals surface area (Å²) in [7, 11) is 1.97. The molecule has 0 spiro atoms. The van der Waals surface area contributed by atoms with Gasteiger partial charge in [-0.05, 0) is 57.5 Å². The first-order valence-corrected chi connectivity index (χ1v) is 7.23. The molecule has 1 aromatic rings. The van der Waals surface area contributed by atoms with Crippen LogP contribution in [0.25, 0.3) is 0 Å². The number of halogens is 1. The standard InChI is InChI=1S/C16H23FN2O/c1-12-10-16(14(13(2)20)11-15(12)17)18(3)8-9-19-6-4-5-7-19/h10-11H,4-9H2,1-3H3. The van der Waals surface area contributed by atoms with E-state index in [1.54, 1.807) is 13.0 Å². The third-order valence-corrected chi connectivity index (χ3v) is 4.02. The number of carbonyl (C=O) groups excluding carboxylic acids is 1. The van der Waals surface area contributed by atoms with Crippen LogP contribution in [0.4, 0.5) is 10.1 Å². The molecule has 0 amide bonds. The number of benzene rings is 1. The molecule has 3 nitrogen and oxygen atoms in total. The van der Waals surface area contributed by atoms with Crippen LogP contribution in [-0.4, -0.2) is 43.9 Å². The Morgan fingerprint density at radius 1 is 1.35 bits per heavy atom. The predicted octanol–water partition coefficient (Wildman–Crippen LogP) is 2.87. The van der Waals surface area contributed by atoms with Gasteiger partial charge in [-0.3, -0.25) is 4.79 Å². The molecule has 0 saturated carbocycles. The fraction of sp³-hybridized carbons (Fsp3) is 0.562. The fourth-order valence-electron chi connectivity index (χ4n) is 2.68. The Labute approximate surface area is 120 Å². The number of rotatable bonds is 5. The molecule has 1 aromatic carbocycles. The van der Waals surface area contributed by atoms with Crippen LogP contribution in [0.5, 0.6) is 0 Å². The van der Waals surface area contributed by atoms with Crippen molar-refractivity contribution in [3.8, 4) is 0 Å². The number of hydrogen-bond acceptors (Lipinski definition) is 3. The molecule has 4 heteroatoms. The molecule has 20 heavy (non-hydrogen) atoms. The largest absolute Gasteiger partial charge is 0.373 e. The maximum absolute atomic E-state index is 13.6. The zero-order chi connectivity index (χ0) is 14.7. The fourth-order valence-corrected chi connectivity index (χ4v) is 2.68. The second kappa shape index (κ2) is 6.35. The summed E-state index contributed by atoms with van der Waals surface area (Å²) in [5, 5.41) is 0. The Hall–Kier alpha value is -1.42. The molecule has 0 unspecified atom stereocenters. The van der Waals surface area contributed by atoms with Crippen molar-refractivity contribution in [2.24, 2.45) is 0 Å². The van der Waals surface area contributed by atoms with Gasteiger partial charge in [-0.2, -0.15) is 0 Å². The molecule has 2 rings (SSSR count). The van der Waals surface area contributed by atoms with E-state index in [1.165, 1.54) is 25.8 Å². The molecule has 1 heterocycles. The number of likely N-dealkylation sites (tertiary alicyclic amines) is 1. The van der Waals surface area contributed by atoms with Gasteiger partial charge >= 0.3 is 0 Å². The van der Waals surface area contributed by atoms with Gasteiger partial charge in [-0.1, -0.05) is 0 Å². The van der Waals surface area contributed by atoms with Crippen LogP contribution in [0.15, 0.2) is 12.1 Å². The number of aryl methyl sites for hydroxylation is 1. The second-order valence-corrected chi connectivity index (χ2v) is 5.65. The van der Waals surface area contributed by atoms with Gasteiger partial charge in [-0.25, -0.2) is 4.39 Å². The normalized spacial score (nSPS) is 15.6. The molecule has 1 fully saturated rings. The van der Waals surface area contributed by atoms with E-state index in [0.717, 1.165) is 31.9 Å². The van der Waals surface area contributed by atoms with E-state index in [0.29, 0.717) is 11.1 Å². The van der Waals surface area contributed by atoms with Crippen LogP contribution >= 0.6 is 0 Å². The lowest BCUT2D eigenvalue weighted by molar-refractivity contribution is 0.101. The Morgan fingerprint density at radius 3 is 2.60 bits per heavy atom. The van der Waals surface area contributed by atoms with Crippen molar-refractivity contribution in [3.05, 3.63) is 29.1 Å². The number of nitrogens with zero attached hydrogens (tertiary/aromatic N) is 2. The second-order valence-electron chi connectivity index (χ2n) is 5.65. The Bertz CT molecular complexity index is 495. The average molecular weight is 278 g/mol. The molecular formula is C16H23FN2O. The molecule has 0 N–H and O–H groups in total. The average Bonchev–Trinajstić information content (AvgIpc) is 2.91. The molecule has 1 aliphatic rings. The first-order valence-electron chi connectivity index (χ1n) is 7.23. The summed E-state index contributed by atoms with van der Waals surface area (Å²) in [4.78, 5) is 16.2. The van der Waals surface area contributed by atoms with Crippen molar-refractivity contribution in [2.45, 2.75) is 26.7 Å².